The largest absolute Gasteiger partial charge is 0.468 e. The lowest BCUT2D eigenvalue weighted by atomic mass is 9.72. The normalized spacial score (nSPS) is 18.1. The Labute approximate surface area is 275 Å². The van der Waals surface area contributed by atoms with Crippen molar-refractivity contribution in [1.82, 2.24) is 9.80 Å². The van der Waals surface area contributed by atoms with Gasteiger partial charge in [-0.2, -0.15) is 0 Å². The lowest BCUT2D eigenvalue weighted by Gasteiger charge is -2.40. The number of piperidine rings is 1. The molecular weight excluding hydrogens is 600 g/mol. The van der Waals surface area contributed by atoms with E-state index in [0.29, 0.717) is 30.9 Å². The maximum absolute atomic E-state index is 15.3. The Morgan fingerprint density at radius 3 is 2.21 bits per heavy atom. The van der Waals surface area contributed by atoms with Gasteiger partial charge in [-0.15, -0.1) is 0 Å². The number of amidine groups is 1. The molecule has 0 N–H and O–H groups in total. The van der Waals surface area contributed by atoms with E-state index >= 15 is 4.39 Å². The van der Waals surface area contributed by atoms with Crippen LogP contribution in [0.25, 0.3) is 0 Å². The van der Waals surface area contributed by atoms with Crippen molar-refractivity contribution in [2.75, 3.05) is 33.3 Å². The van der Waals surface area contributed by atoms with Gasteiger partial charge in [0.25, 0.3) is 0 Å². The first kappa shape index (κ1) is 34.0. The molecule has 3 aromatic rings. The zero-order valence-corrected chi connectivity index (χ0v) is 27.4. The molecule has 3 aromatic carbocycles. The molecule has 0 aromatic heterocycles. The van der Waals surface area contributed by atoms with Gasteiger partial charge in [0.2, 0.25) is 0 Å². The third-order valence-corrected chi connectivity index (χ3v) is 9.40. The van der Waals surface area contributed by atoms with Crippen molar-refractivity contribution in [2.24, 2.45) is 4.99 Å². The van der Waals surface area contributed by atoms with E-state index < -0.39 is 29.1 Å². The molecule has 2 heterocycles. The summed E-state index contributed by atoms with van der Waals surface area (Å²) in [6.07, 6.45) is 4.02. The molecule has 9 heteroatoms. The Hall–Kier alpha value is -4.37. The fraction of sp³-hybridized carbons (Fsp3) is 0.395. The summed E-state index contributed by atoms with van der Waals surface area (Å²) in [5.74, 6) is -1.50. The number of hydrogen-bond acceptors (Lipinski definition) is 7. The molecule has 7 nitrogen and oxygen atoms in total. The molecule has 248 valence electrons. The summed E-state index contributed by atoms with van der Waals surface area (Å²) in [7, 11) is 1.46. The quantitative estimate of drug-likeness (QED) is 0.155. The van der Waals surface area contributed by atoms with Gasteiger partial charge in [-0.05, 0) is 76.4 Å². The van der Waals surface area contributed by atoms with Crippen LogP contribution >= 0.6 is 0 Å². The smallest absolute Gasteiger partial charge is 0.338 e. The Balaban J connectivity index is 1.22. The number of unbranched alkanes of at least 4 members (excludes halogenated alkanes) is 2. The molecule has 0 saturated carbocycles. The monoisotopic (exact) mass is 643 g/mol. The van der Waals surface area contributed by atoms with Crippen LogP contribution in [-0.2, 0) is 31.1 Å². The second kappa shape index (κ2) is 15.5. The summed E-state index contributed by atoms with van der Waals surface area (Å²) < 4.78 is 40.2. The fourth-order valence-electron chi connectivity index (χ4n) is 6.82. The number of nitrogens with zero attached hydrogens (tertiary/aromatic N) is 3. The fourth-order valence-corrected chi connectivity index (χ4v) is 6.82. The zero-order valence-electron chi connectivity index (χ0n) is 27.4. The van der Waals surface area contributed by atoms with Gasteiger partial charge in [-0.1, -0.05) is 73.2 Å². The van der Waals surface area contributed by atoms with Crippen molar-refractivity contribution in [1.29, 1.82) is 0 Å². The number of esters is 2. The topological polar surface area (TPSA) is 71.4 Å². The summed E-state index contributed by atoms with van der Waals surface area (Å²) in [4.78, 5) is 35.4. The van der Waals surface area contributed by atoms with E-state index in [9.17, 15) is 14.0 Å². The van der Waals surface area contributed by atoms with Crippen LogP contribution in [-0.4, -0.2) is 60.9 Å². The number of methoxy groups -OCH3 is 1. The molecule has 0 amide bonds. The highest BCUT2D eigenvalue weighted by Crippen LogP contribution is 2.39. The van der Waals surface area contributed by atoms with Crippen molar-refractivity contribution in [2.45, 2.75) is 64.0 Å². The summed E-state index contributed by atoms with van der Waals surface area (Å²) in [6.45, 7) is 6.65. The van der Waals surface area contributed by atoms with Crippen molar-refractivity contribution in [3.8, 4) is 0 Å². The van der Waals surface area contributed by atoms with E-state index in [1.165, 1.54) is 19.2 Å². The van der Waals surface area contributed by atoms with Crippen molar-refractivity contribution >= 4 is 17.8 Å². The van der Waals surface area contributed by atoms with E-state index in [0.717, 1.165) is 56.1 Å². The first-order valence-electron chi connectivity index (χ1n) is 16.3. The molecule has 1 atom stereocenters. The zero-order chi connectivity index (χ0) is 33.4. The van der Waals surface area contributed by atoms with Crippen LogP contribution in [0.3, 0.4) is 0 Å². The highest BCUT2D eigenvalue weighted by atomic mass is 19.1. The maximum Gasteiger partial charge on any atom is 0.338 e. The molecule has 1 unspecified atom stereocenters. The number of carbonyl (C=O) groups is 2. The minimum atomic E-state index is -0.803. The van der Waals surface area contributed by atoms with Gasteiger partial charge in [0.1, 0.15) is 24.1 Å². The number of aliphatic imine (C=N–C) groups is 1. The number of rotatable bonds is 12. The molecule has 0 radical (unpaired) electrons. The number of benzene rings is 3. The molecule has 0 spiro atoms. The van der Waals surface area contributed by atoms with Crippen LogP contribution in [0.5, 0.6) is 0 Å². The SMILES string of the molecule is COC(=O)C1(c2ccccc2)CCN(CCCCCN2C(C)=NC(C)=C(C(=O)OCc3ccccc3)C2c2ccc(F)cc2F)CC1. The maximum atomic E-state index is 15.3. The van der Waals surface area contributed by atoms with E-state index in [-0.39, 0.29) is 23.7 Å². The molecule has 47 heavy (non-hydrogen) atoms. The average molecular weight is 644 g/mol. The standard InChI is InChI=1S/C38H43F2N3O4/c1-27-34(36(44)47-26-29-13-7-4-8-14-29)35(32-18-17-31(39)25-33(32)40)43(28(2)41-27)22-12-6-11-21-42-23-19-38(20-24-42,37(45)46-3)30-15-9-5-10-16-30/h4-5,7-10,13-18,25,35H,6,11-12,19-24,26H2,1-3H3. The number of carbonyl (C=O) groups excluding carboxylic acids is 2. The number of halogens is 2. The van der Waals surface area contributed by atoms with E-state index in [4.69, 9.17) is 9.47 Å². The highest BCUT2D eigenvalue weighted by molar-refractivity contribution is 5.95. The minimum Gasteiger partial charge on any atom is -0.468 e. The van der Waals surface area contributed by atoms with Gasteiger partial charge < -0.3 is 19.3 Å². The van der Waals surface area contributed by atoms with Gasteiger partial charge in [0.15, 0.2) is 0 Å². The van der Waals surface area contributed by atoms with Gasteiger partial charge in [0.05, 0.1) is 29.8 Å². The Kier molecular flexibility index (Phi) is 11.2. The second-order valence-corrected chi connectivity index (χ2v) is 12.3. The Morgan fingerprint density at radius 1 is 0.894 bits per heavy atom. The summed E-state index contributed by atoms with van der Waals surface area (Å²) in [6, 6.07) is 21.9. The van der Waals surface area contributed by atoms with Gasteiger partial charge >= 0.3 is 11.9 Å². The lowest BCUT2D eigenvalue weighted by Crippen LogP contribution is -2.48. The average Bonchev–Trinajstić information content (AvgIpc) is 3.08. The van der Waals surface area contributed by atoms with Crippen molar-refractivity contribution in [3.63, 3.8) is 0 Å². The third-order valence-electron chi connectivity index (χ3n) is 9.40. The molecule has 2 aliphatic heterocycles. The summed E-state index contributed by atoms with van der Waals surface area (Å²) in [5.41, 5.74) is 2.12. The van der Waals surface area contributed by atoms with E-state index in [1.54, 1.807) is 6.92 Å². The van der Waals surface area contributed by atoms with Gasteiger partial charge in [-0.25, -0.2) is 18.6 Å². The van der Waals surface area contributed by atoms with Crippen LogP contribution in [0.2, 0.25) is 0 Å². The molecule has 0 bridgehead atoms. The van der Waals surface area contributed by atoms with Crippen LogP contribution in [0.1, 0.15) is 68.7 Å². The van der Waals surface area contributed by atoms with E-state index in [1.807, 2.05) is 72.5 Å². The van der Waals surface area contributed by atoms with E-state index in [2.05, 4.69) is 9.89 Å². The van der Waals surface area contributed by atoms with Crippen LogP contribution < -0.4 is 0 Å². The molecule has 5 rings (SSSR count). The highest BCUT2D eigenvalue weighted by Gasteiger charge is 2.44. The lowest BCUT2D eigenvalue weighted by molar-refractivity contribution is -0.149. The molecule has 0 aliphatic carbocycles. The first-order valence-corrected chi connectivity index (χ1v) is 16.3. The number of likely N-dealkylation sites (tertiary alicyclic amines) is 1. The van der Waals surface area contributed by atoms with Crippen LogP contribution in [0, 0.1) is 11.6 Å². The first-order chi connectivity index (χ1) is 22.7. The molecule has 1 fully saturated rings. The van der Waals surface area contributed by atoms with Crippen LogP contribution in [0.4, 0.5) is 8.78 Å². The second-order valence-electron chi connectivity index (χ2n) is 12.3. The molecule has 2 aliphatic rings. The van der Waals surface area contributed by atoms with Gasteiger partial charge in [0, 0.05) is 18.2 Å². The predicted octanol–water partition coefficient (Wildman–Crippen LogP) is 7.13. The number of ether oxygens (including phenoxy) is 2. The Bertz CT molecular complexity index is 1600. The summed E-state index contributed by atoms with van der Waals surface area (Å²) in [5, 5.41) is 0. The third kappa shape index (κ3) is 7.79. The number of hydrogen-bond donors (Lipinski definition) is 0. The van der Waals surface area contributed by atoms with Crippen molar-refractivity contribution in [3.05, 3.63) is 118 Å². The number of allylic oxidation sites excluding steroid dienone is 1. The minimum absolute atomic E-state index is 0.0698. The molecular formula is C38H43F2N3O4. The molecule has 1 saturated heterocycles. The van der Waals surface area contributed by atoms with Gasteiger partial charge in [-0.3, -0.25) is 4.79 Å². The Morgan fingerprint density at radius 2 is 1.55 bits per heavy atom. The van der Waals surface area contributed by atoms with Crippen molar-refractivity contribution < 1.29 is 27.8 Å². The van der Waals surface area contributed by atoms with Crippen LogP contribution in [0.15, 0.2) is 95.1 Å². The predicted molar refractivity (Wildman–Crippen MR) is 178 cm³/mol. The summed E-state index contributed by atoms with van der Waals surface area (Å²) >= 11 is 0.